The standard InChI is InChI=1S/C14H20N4O2.2ClH/c1-3-19-12-7-5-4-6-11(12)10(2)16-9-13-17-14(8-15)20-18-13;;/h4-7,10,16H,3,8-9,15H2,1-2H3;2*1H. The van der Waals surface area contributed by atoms with Gasteiger partial charge in [0.25, 0.3) is 0 Å². The number of hydrogen-bond donors (Lipinski definition) is 2. The Morgan fingerprint density at radius 1 is 1.32 bits per heavy atom. The van der Waals surface area contributed by atoms with Crippen LogP contribution >= 0.6 is 24.8 Å². The molecule has 1 aromatic carbocycles. The Kier molecular flexibility index (Phi) is 9.76. The minimum absolute atomic E-state index is 0. The summed E-state index contributed by atoms with van der Waals surface area (Å²) in [5.41, 5.74) is 6.54. The van der Waals surface area contributed by atoms with Crippen LogP contribution in [0.1, 0.15) is 37.2 Å². The van der Waals surface area contributed by atoms with Crippen LogP contribution in [-0.4, -0.2) is 16.7 Å². The average Bonchev–Trinajstić information content (AvgIpc) is 2.94. The van der Waals surface area contributed by atoms with Gasteiger partial charge in [0.2, 0.25) is 5.89 Å². The molecule has 1 atom stereocenters. The molecule has 6 nitrogen and oxygen atoms in total. The molecular formula is C14H22Cl2N4O2. The Balaban J connectivity index is 0.00000220. The number of rotatable bonds is 7. The monoisotopic (exact) mass is 348 g/mol. The number of halogens is 2. The van der Waals surface area contributed by atoms with E-state index < -0.39 is 0 Å². The largest absolute Gasteiger partial charge is 0.494 e. The molecule has 124 valence electrons. The fraction of sp³-hybridized carbons (Fsp3) is 0.429. The first-order valence-electron chi connectivity index (χ1n) is 6.71. The van der Waals surface area contributed by atoms with Gasteiger partial charge >= 0.3 is 0 Å². The van der Waals surface area contributed by atoms with Gasteiger partial charge in [0.15, 0.2) is 5.82 Å². The Bertz CT molecular complexity index is 551. The second-order valence-corrected chi connectivity index (χ2v) is 4.38. The number of para-hydroxylation sites is 1. The molecule has 22 heavy (non-hydrogen) atoms. The molecule has 0 spiro atoms. The quantitative estimate of drug-likeness (QED) is 0.799. The zero-order chi connectivity index (χ0) is 14.4. The van der Waals surface area contributed by atoms with E-state index in [9.17, 15) is 0 Å². The summed E-state index contributed by atoms with van der Waals surface area (Å²) in [4.78, 5) is 4.16. The van der Waals surface area contributed by atoms with Gasteiger partial charge in [-0.25, -0.2) is 0 Å². The molecule has 0 aliphatic heterocycles. The third kappa shape index (κ3) is 5.46. The van der Waals surface area contributed by atoms with Crippen molar-refractivity contribution in [3.63, 3.8) is 0 Å². The summed E-state index contributed by atoms with van der Waals surface area (Å²) in [6, 6.07) is 8.10. The molecule has 0 aliphatic carbocycles. The molecule has 0 bridgehead atoms. The van der Waals surface area contributed by atoms with Crippen molar-refractivity contribution in [1.29, 1.82) is 0 Å². The van der Waals surface area contributed by atoms with Crippen LogP contribution in [0, 0.1) is 0 Å². The van der Waals surface area contributed by atoms with Crippen molar-refractivity contribution in [3.8, 4) is 5.75 Å². The average molecular weight is 349 g/mol. The van der Waals surface area contributed by atoms with Crippen molar-refractivity contribution < 1.29 is 9.26 Å². The Morgan fingerprint density at radius 3 is 2.68 bits per heavy atom. The Morgan fingerprint density at radius 2 is 2.05 bits per heavy atom. The van der Waals surface area contributed by atoms with E-state index in [-0.39, 0.29) is 37.4 Å². The van der Waals surface area contributed by atoms with Gasteiger partial charge < -0.3 is 20.3 Å². The van der Waals surface area contributed by atoms with Crippen LogP contribution in [0.25, 0.3) is 0 Å². The van der Waals surface area contributed by atoms with Gasteiger partial charge in [-0.3, -0.25) is 0 Å². The first-order valence-corrected chi connectivity index (χ1v) is 6.71. The lowest BCUT2D eigenvalue weighted by atomic mass is 10.1. The highest BCUT2D eigenvalue weighted by Gasteiger charge is 2.12. The highest BCUT2D eigenvalue weighted by molar-refractivity contribution is 5.85. The zero-order valence-corrected chi connectivity index (χ0v) is 14.2. The van der Waals surface area contributed by atoms with Crippen LogP contribution in [-0.2, 0) is 13.1 Å². The molecule has 1 aromatic heterocycles. The van der Waals surface area contributed by atoms with Crippen molar-refractivity contribution in [2.24, 2.45) is 5.73 Å². The van der Waals surface area contributed by atoms with Gasteiger partial charge in [0.1, 0.15) is 5.75 Å². The number of ether oxygens (including phenoxy) is 1. The van der Waals surface area contributed by atoms with Crippen molar-refractivity contribution in [1.82, 2.24) is 15.5 Å². The minimum atomic E-state index is 0. The fourth-order valence-electron chi connectivity index (χ4n) is 1.92. The maximum absolute atomic E-state index is 5.63. The van der Waals surface area contributed by atoms with Crippen LogP contribution in [0.15, 0.2) is 28.8 Å². The maximum Gasteiger partial charge on any atom is 0.240 e. The molecule has 0 radical (unpaired) electrons. The number of nitrogens with zero attached hydrogens (tertiary/aromatic N) is 2. The van der Waals surface area contributed by atoms with Gasteiger partial charge in [-0.2, -0.15) is 4.98 Å². The first kappa shape index (κ1) is 20.7. The molecule has 1 unspecified atom stereocenters. The highest BCUT2D eigenvalue weighted by atomic mass is 35.5. The van der Waals surface area contributed by atoms with Crippen LogP contribution in [0.4, 0.5) is 0 Å². The smallest absolute Gasteiger partial charge is 0.240 e. The van der Waals surface area contributed by atoms with Gasteiger partial charge in [-0.1, -0.05) is 23.4 Å². The van der Waals surface area contributed by atoms with E-state index in [1.165, 1.54) is 0 Å². The summed E-state index contributed by atoms with van der Waals surface area (Å²) in [6.07, 6.45) is 0. The van der Waals surface area contributed by atoms with Crippen molar-refractivity contribution in [2.45, 2.75) is 33.0 Å². The van der Waals surface area contributed by atoms with Crippen molar-refractivity contribution in [2.75, 3.05) is 6.61 Å². The molecule has 2 aromatic rings. The lowest BCUT2D eigenvalue weighted by Crippen LogP contribution is -2.19. The number of benzene rings is 1. The number of hydrogen-bond acceptors (Lipinski definition) is 6. The summed E-state index contributed by atoms with van der Waals surface area (Å²) in [6.45, 7) is 5.47. The summed E-state index contributed by atoms with van der Waals surface area (Å²) in [5, 5.41) is 7.20. The normalized spacial score (nSPS) is 11.2. The van der Waals surface area contributed by atoms with Crippen LogP contribution in [0.3, 0.4) is 0 Å². The van der Waals surface area contributed by atoms with E-state index in [1.807, 2.05) is 31.2 Å². The molecule has 0 amide bonds. The molecule has 8 heteroatoms. The Hall–Kier alpha value is -1.34. The summed E-state index contributed by atoms with van der Waals surface area (Å²) < 4.78 is 10.6. The maximum atomic E-state index is 5.63. The summed E-state index contributed by atoms with van der Waals surface area (Å²) >= 11 is 0. The van der Waals surface area contributed by atoms with E-state index in [2.05, 4.69) is 22.4 Å². The second-order valence-electron chi connectivity index (χ2n) is 4.38. The van der Waals surface area contributed by atoms with Crippen molar-refractivity contribution >= 4 is 24.8 Å². The third-order valence-electron chi connectivity index (χ3n) is 2.94. The van der Waals surface area contributed by atoms with Crippen molar-refractivity contribution in [3.05, 3.63) is 41.5 Å². The zero-order valence-electron chi connectivity index (χ0n) is 12.6. The van der Waals surface area contributed by atoms with Gasteiger partial charge in [0.05, 0.1) is 19.7 Å². The molecular weight excluding hydrogens is 327 g/mol. The topological polar surface area (TPSA) is 86.2 Å². The fourth-order valence-corrected chi connectivity index (χ4v) is 1.92. The summed E-state index contributed by atoms with van der Waals surface area (Å²) in [7, 11) is 0. The second kappa shape index (κ2) is 10.4. The Labute approximate surface area is 142 Å². The highest BCUT2D eigenvalue weighted by Crippen LogP contribution is 2.24. The van der Waals surface area contributed by atoms with E-state index in [0.29, 0.717) is 24.9 Å². The number of nitrogens with one attached hydrogen (secondary N) is 1. The third-order valence-corrected chi connectivity index (χ3v) is 2.94. The molecule has 0 saturated heterocycles. The van der Waals surface area contributed by atoms with Crippen LogP contribution < -0.4 is 15.8 Å². The molecule has 3 N–H and O–H groups in total. The van der Waals surface area contributed by atoms with Crippen LogP contribution in [0.2, 0.25) is 0 Å². The number of nitrogens with two attached hydrogens (primary N) is 1. The summed E-state index contributed by atoms with van der Waals surface area (Å²) in [5.74, 6) is 1.95. The van der Waals surface area contributed by atoms with E-state index in [4.69, 9.17) is 15.0 Å². The lowest BCUT2D eigenvalue weighted by Gasteiger charge is -2.17. The minimum Gasteiger partial charge on any atom is -0.494 e. The van der Waals surface area contributed by atoms with Crippen LogP contribution in [0.5, 0.6) is 5.75 Å². The number of aromatic nitrogens is 2. The predicted molar refractivity (Wildman–Crippen MR) is 89.6 cm³/mol. The molecule has 0 saturated carbocycles. The van der Waals surface area contributed by atoms with Gasteiger partial charge in [-0.05, 0) is 19.9 Å². The lowest BCUT2D eigenvalue weighted by molar-refractivity contribution is 0.332. The molecule has 2 rings (SSSR count). The SMILES string of the molecule is CCOc1ccccc1C(C)NCc1noc(CN)n1.Cl.Cl. The molecule has 0 aliphatic rings. The van der Waals surface area contributed by atoms with E-state index >= 15 is 0 Å². The first-order chi connectivity index (χ1) is 9.74. The molecule has 1 heterocycles. The van der Waals surface area contributed by atoms with E-state index in [0.717, 1.165) is 11.3 Å². The van der Waals surface area contributed by atoms with Gasteiger partial charge in [0, 0.05) is 11.6 Å². The predicted octanol–water partition coefficient (Wildman–Crippen LogP) is 2.62. The van der Waals surface area contributed by atoms with E-state index in [1.54, 1.807) is 0 Å². The van der Waals surface area contributed by atoms with Gasteiger partial charge in [-0.15, -0.1) is 24.8 Å². The molecule has 0 fully saturated rings.